The number of aromatic hydroxyl groups is 1. The summed E-state index contributed by atoms with van der Waals surface area (Å²) in [6.07, 6.45) is 4.43. The third-order valence-electron chi connectivity index (χ3n) is 3.65. The van der Waals surface area contributed by atoms with Crippen molar-refractivity contribution in [3.8, 4) is 5.75 Å². The van der Waals surface area contributed by atoms with E-state index in [4.69, 9.17) is 0 Å². The van der Waals surface area contributed by atoms with E-state index in [1.807, 2.05) is 0 Å². The Balaban J connectivity index is 2.11. The van der Waals surface area contributed by atoms with Crippen LogP contribution in [0.25, 0.3) is 0 Å². The van der Waals surface area contributed by atoms with Gasteiger partial charge < -0.3 is 5.11 Å². The molecule has 18 heavy (non-hydrogen) atoms. The second-order valence-corrected chi connectivity index (χ2v) is 7.05. The zero-order valence-corrected chi connectivity index (χ0v) is 11.3. The normalized spacial score (nSPS) is 18.9. The summed E-state index contributed by atoms with van der Waals surface area (Å²) in [6, 6.07) is 6.00. The van der Waals surface area contributed by atoms with E-state index in [0.717, 1.165) is 25.7 Å². The summed E-state index contributed by atoms with van der Waals surface area (Å²) < 4.78 is 26.8. The van der Waals surface area contributed by atoms with Crippen LogP contribution in [0.5, 0.6) is 5.75 Å². The topological polar surface area (TPSA) is 66.4 Å². The first-order chi connectivity index (χ1) is 8.43. The van der Waals surface area contributed by atoms with Crippen LogP contribution in [0.1, 0.15) is 32.6 Å². The number of hydrogen-bond acceptors (Lipinski definition) is 3. The molecule has 0 amide bonds. The van der Waals surface area contributed by atoms with E-state index < -0.39 is 10.0 Å². The predicted molar refractivity (Wildman–Crippen MR) is 69.9 cm³/mol. The fraction of sp³-hybridized carbons (Fsp3) is 0.538. The minimum Gasteiger partial charge on any atom is -0.507 e. The number of phenolic OH excluding ortho intramolecular Hbond substituents is 1. The SMILES string of the molecule is CC1(CNS(=O)(=O)c2ccccc2O)CCCC1. The third-order valence-corrected chi connectivity index (χ3v) is 5.10. The molecule has 0 unspecified atom stereocenters. The second-order valence-electron chi connectivity index (χ2n) is 5.31. The lowest BCUT2D eigenvalue weighted by Crippen LogP contribution is -2.34. The number of phenols is 1. The summed E-state index contributed by atoms with van der Waals surface area (Å²) in [5.41, 5.74) is 0.0530. The molecule has 1 aliphatic carbocycles. The summed E-state index contributed by atoms with van der Waals surface area (Å²) in [5.74, 6) is -0.207. The van der Waals surface area contributed by atoms with Crippen LogP contribution in [-0.2, 0) is 10.0 Å². The lowest BCUT2D eigenvalue weighted by Gasteiger charge is -2.23. The molecular formula is C13H19NO3S. The minimum atomic E-state index is -3.62. The highest BCUT2D eigenvalue weighted by Gasteiger charge is 2.30. The second kappa shape index (κ2) is 4.90. The Morgan fingerprint density at radius 1 is 1.28 bits per heavy atom. The molecule has 1 fully saturated rings. The number of rotatable bonds is 4. The lowest BCUT2D eigenvalue weighted by molar-refractivity contribution is 0.336. The van der Waals surface area contributed by atoms with E-state index in [1.54, 1.807) is 12.1 Å². The highest BCUT2D eigenvalue weighted by molar-refractivity contribution is 7.89. The predicted octanol–water partition coefficient (Wildman–Crippen LogP) is 2.25. The van der Waals surface area contributed by atoms with Crippen molar-refractivity contribution in [1.82, 2.24) is 4.72 Å². The molecule has 0 heterocycles. The molecule has 0 radical (unpaired) electrons. The quantitative estimate of drug-likeness (QED) is 0.881. The average Bonchev–Trinajstić information content (AvgIpc) is 2.75. The monoisotopic (exact) mass is 269 g/mol. The van der Waals surface area contributed by atoms with Gasteiger partial charge in [-0.1, -0.05) is 31.9 Å². The number of hydrogen-bond donors (Lipinski definition) is 2. The molecule has 100 valence electrons. The van der Waals surface area contributed by atoms with Crippen LogP contribution in [0, 0.1) is 5.41 Å². The maximum absolute atomic E-state index is 12.1. The summed E-state index contributed by atoms with van der Waals surface area (Å²) in [7, 11) is -3.62. The minimum absolute atomic E-state index is 0.0494. The lowest BCUT2D eigenvalue weighted by atomic mass is 9.89. The third kappa shape index (κ3) is 2.84. The zero-order valence-electron chi connectivity index (χ0n) is 10.5. The Morgan fingerprint density at radius 3 is 2.50 bits per heavy atom. The van der Waals surface area contributed by atoms with Gasteiger partial charge in [-0.2, -0.15) is 0 Å². The molecule has 0 spiro atoms. The Hall–Kier alpha value is -1.07. The number of sulfonamides is 1. The van der Waals surface area contributed by atoms with E-state index in [9.17, 15) is 13.5 Å². The van der Waals surface area contributed by atoms with Crippen molar-refractivity contribution in [2.75, 3.05) is 6.54 Å². The average molecular weight is 269 g/mol. The van der Waals surface area contributed by atoms with Crippen molar-refractivity contribution in [1.29, 1.82) is 0 Å². The Kier molecular flexibility index (Phi) is 3.64. The number of para-hydroxylation sites is 1. The first-order valence-electron chi connectivity index (χ1n) is 6.21. The van der Waals surface area contributed by atoms with Gasteiger partial charge in [-0.15, -0.1) is 0 Å². The first kappa shape index (κ1) is 13.4. The van der Waals surface area contributed by atoms with Crippen LogP contribution in [0.4, 0.5) is 0 Å². The van der Waals surface area contributed by atoms with Crippen molar-refractivity contribution in [3.05, 3.63) is 24.3 Å². The van der Waals surface area contributed by atoms with Crippen molar-refractivity contribution in [3.63, 3.8) is 0 Å². The molecule has 4 nitrogen and oxygen atoms in total. The molecule has 5 heteroatoms. The Bertz CT molecular complexity index is 519. The molecule has 0 saturated heterocycles. The van der Waals surface area contributed by atoms with Crippen molar-refractivity contribution < 1.29 is 13.5 Å². The molecule has 1 saturated carbocycles. The van der Waals surface area contributed by atoms with E-state index in [2.05, 4.69) is 11.6 Å². The number of benzene rings is 1. The van der Waals surface area contributed by atoms with Crippen LogP contribution in [0.2, 0.25) is 0 Å². The van der Waals surface area contributed by atoms with Crippen molar-refractivity contribution >= 4 is 10.0 Å². The molecule has 0 atom stereocenters. The smallest absolute Gasteiger partial charge is 0.244 e. The first-order valence-corrected chi connectivity index (χ1v) is 7.69. The van der Waals surface area contributed by atoms with Gasteiger partial charge >= 0.3 is 0 Å². The molecule has 2 rings (SSSR count). The van der Waals surface area contributed by atoms with E-state index >= 15 is 0 Å². The van der Waals surface area contributed by atoms with Gasteiger partial charge in [0, 0.05) is 6.54 Å². The fourth-order valence-corrected chi connectivity index (χ4v) is 3.73. The Labute approximate surface area is 108 Å². The molecule has 0 bridgehead atoms. The highest BCUT2D eigenvalue weighted by atomic mass is 32.2. The van der Waals surface area contributed by atoms with Crippen molar-refractivity contribution in [2.24, 2.45) is 5.41 Å². The van der Waals surface area contributed by atoms with Gasteiger partial charge in [0.05, 0.1) is 0 Å². The molecule has 0 aromatic heterocycles. The van der Waals surface area contributed by atoms with E-state index in [1.165, 1.54) is 12.1 Å². The summed E-state index contributed by atoms with van der Waals surface area (Å²) in [6.45, 7) is 2.54. The van der Waals surface area contributed by atoms with Crippen LogP contribution in [0.15, 0.2) is 29.2 Å². The molecule has 1 aromatic rings. The van der Waals surface area contributed by atoms with Crippen LogP contribution >= 0.6 is 0 Å². The molecule has 2 N–H and O–H groups in total. The maximum Gasteiger partial charge on any atom is 0.244 e. The zero-order chi connectivity index (χ0) is 13.2. The molecule has 1 aromatic carbocycles. The Morgan fingerprint density at radius 2 is 1.89 bits per heavy atom. The summed E-state index contributed by atoms with van der Waals surface area (Å²) in [4.78, 5) is -0.0494. The van der Waals surface area contributed by atoms with Gasteiger partial charge in [-0.3, -0.25) is 0 Å². The van der Waals surface area contributed by atoms with Gasteiger partial charge in [0.1, 0.15) is 10.6 Å². The van der Waals surface area contributed by atoms with Crippen LogP contribution in [0.3, 0.4) is 0 Å². The van der Waals surface area contributed by atoms with Crippen LogP contribution in [-0.4, -0.2) is 20.1 Å². The largest absolute Gasteiger partial charge is 0.507 e. The molecule has 1 aliphatic rings. The van der Waals surface area contributed by atoms with Crippen molar-refractivity contribution in [2.45, 2.75) is 37.5 Å². The summed E-state index contributed by atoms with van der Waals surface area (Å²) >= 11 is 0. The van der Waals surface area contributed by atoms with Gasteiger partial charge in [-0.05, 0) is 30.4 Å². The van der Waals surface area contributed by atoms with Gasteiger partial charge in [-0.25, -0.2) is 13.1 Å². The van der Waals surface area contributed by atoms with Gasteiger partial charge in [0.25, 0.3) is 0 Å². The standard InChI is InChI=1S/C13H19NO3S/c1-13(8-4-5-9-13)10-14-18(16,17)12-7-3-2-6-11(12)15/h2-3,6-7,14-15H,4-5,8-10H2,1H3. The maximum atomic E-state index is 12.1. The summed E-state index contributed by atoms with van der Waals surface area (Å²) in [5, 5.41) is 9.58. The van der Waals surface area contributed by atoms with E-state index in [0.29, 0.717) is 6.54 Å². The fourth-order valence-electron chi connectivity index (χ4n) is 2.44. The highest BCUT2D eigenvalue weighted by Crippen LogP contribution is 2.37. The van der Waals surface area contributed by atoms with Crippen LogP contribution < -0.4 is 4.72 Å². The van der Waals surface area contributed by atoms with E-state index in [-0.39, 0.29) is 16.1 Å². The van der Waals surface area contributed by atoms with Gasteiger partial charge in [0.2, 0.25) is 10.0 Å². The van der Waals surface area contributed by atoms with Gasteiger partial charge in [0.15, 0.2) is 0 Å². The molecular weight excluding hydrogens is 250 g/mol. The molecule has 0 aliphatic heterocycles. The number of nitrogens with one attached hydrogen (secondary N) is 1.